The van der Waals surface area contributed by atoms with Crippen LogP contribution in [0.5, 0.6) is 0 Å². The van der Waals surface area contributed by atoms with E-state index in [9.17, 15) is 20.1 Å². The maximum Gasteiger partial charge on any atom is 0.249 e. The number of aliphatic hydroxyl groups excluding tert-OH is 3. The van der Waals surface area contributed by atoms with E-state index in [1.807, 2.05) is 6.08 Å². The van der Waals surface area contributed by atoms with Crippen LogP contribution in [-0.4, -0.2) is 46.1 Å². The first kappa shape index (κ1) is 54.6. The quantitative estimate of drug-likeness (QED) is 0.0365. The molecule has 330 valence electrons. The largest absolute Gasteiger partial charge is 0.394 e. The Morgan fingerprint density at radius 2 is 0.732 bits per heavy atom. The lowest BCUT2D eigenvalue weighted by Gasteiger charge is -2.21. The number of allylic oxidation sites excluding steroid dienone is 5. The second kappa shape index (κ2) is 46.3. The van der Waals surface area contributed by atoms with E-state index in [2.05, 4.69) is 43.5 Å². The molecule has 0 aromatic heterocycles. The lowest BCUT2D eigenvalue weighted by Crippen LogP contribution is -2.48. The molecular weight excluding hydrogens is 691 g/mol. The SMILES string of the molecule is CCCCCCCC/C=C/CC/C=C/CC/C=C/C(O)C(CO)NC(=O)C(O)CCCCCCCCCCCCCCCCCCCCCCCCCCCC. The summed E-state index contributed by atoms with van der Waals surface area (Å²) in [6.07, 6.45) is 59.2. The molecule has 1 amide bonds. The van der Waals surface area contributed by atoms with Gasteiger partial charge in [0.25, 0.3) is 0 Å². The Morgan fingerprint density at radius 1 is 0.429 bits per heavy atom. The maximum atomic E-state index is 12.5. The highest BCUT2D eigenvalue weighted by atomic mass is 16.3. The molecule has 0 aromatic rings. The molecule has 5 nitrogen and oxygen atoms in total. The van der Waals surface area contributed by atoms with Gasteiger partial charge in [0.2, 0.25) is 5.91 Å². The van der Waals surface area contributed by atoms with E-state index in [4.69, 9.17) is 0 Å². The van der Waals surface area contributed by atoms with E-state index in [-0.39, 0.29) is 6.61 Å². The average Bonchev–Trinajstić information content (AvgIpc) is 3.20. The van der Waals surface area contributed by atoms with Crippen LogP contribution < -0.4 is 5.32 Å². The van der Waals surface area contributed by atoms with Crippen LogP contribution in [0, 0.1) is 0 Å². The van der Waals surface area contributed by atoms with Gasteiger partial charge >= 0.3 is 0 Å². The summed E-state index contributed by atoms with van der Waals surface area (Å²) in [4.78, 5) is 12.5. The molecule has 0 aliphatic rings. The highest BCUT2D eigenvalue weighted by molar-refractivity contribution is 5.80. The fourth-order valence-electron chi connectivity index (χ4n) is 7.57. The lowest BCUT2D eigenvalue weighted by molar-refractivity contribution is -0.131. The minimum atomic E-state index is -1.11. The summed E-state index contributed by atoms with van der Waals surface area (Å²) < 4.78 is 0. The zero-order chi connectivity index (χ0) is 40.8. The molecule has 0 spiro atoms. The van der Waals surface area contributed by atoms with E-state index in [0.717, 1.165) is 44.9 Å². The molecule has 0 aromatic carbocycles. The van der Waals surface area contributed by atoms with Gasteiger partial charge in [-0.1, -0.05) is 249 Å². The molecule has 0 radical (unpaired) electrons. The van der Waals surface area contributed by atoms with Crippen molar-refractivity contribution in [2.45, 2.75) is 276 Å². The van der Waals surface area contributed by atoms with Crippen LogP contribution in [0.25, 0.3) is 0 Å². The molecule has 0 bridgehead atoms. The second-order valence-electron chi connectivity index (χ2n) is 17.0. The summed E-state index contributed by atoms with van der Waals surface area (Å²) >= 11 is 0. The normalized spacial score (nSPS) is 13.7. The Morgan fingerprint density at radius 3 is 1.09 bits per heavy atom. The van der Waals surface area contributed by atoms with E-state index in [0.29, 0.717) is 6.42 Å². The van der Waals surface area contributed by atoms with Crippen molar-refractivity contribution in [1.82, 2.24) is 5.32 Å². The molecule has 0 saturated heterocycles. The zero-order valence-corrected chi connectivity index (χ0v) is 37.5. The molecule has 3 unspecified atom stereocenters. The van der Waals surface area contributed by atoms with Gasteiger partial charge in [-0.2, -0.15) is 0 Å². The highest BCUT2D eigenvalue weighted by Gasteiger charge is 2.22. The molecule has 0 aliphatic carbocycles. The van der Waals surface area contributed by atoms with Gasteiger partial charge in [-0.25, -0.2) is 0 Å². The Hall–Kier alpha value is -1.43. The Kier molecular flexibility index (Phi) is 45.1. The third kappa shape index (κ3) is 40.8. The molecule has 4 N–H and O–H groups in total. The third-order valence-corrected chi connectivity index (χ3v) is 11.5. The zero-order valence-electron chi connectivity index (χ0n) is 37.5. The first-order chi connectivity index (χ1) is 27.6. The summed E-state index contributed by atoms with van der Waals surface area (Å²) in [7, 11) is 0. The molecular formula is C51H97NO4. The summed E-state index contributed by atoms with van der Waals surface area (Å²) in [6.45, 7) is 4.17. The number of carbonyl (C=O) groups excluding carboxylic acids is 1. The van der Waals surface area contributed by atoms with Crippen molar-refractivity contribution < 1.29 is 20.1 Å². The first-order valence-corrected chi connectivity index (χ1v) is 24.8. The van der Waals surface area contributed by atoms with Crippen molar-refractivity contribution in [3.05, 3.63) is 36.5 Å². The van der Waals surface area contributed by atoms with Crippen LogP contribution in [0.2, 0.25) is 0 Å². The fourth-order valence-corrected chi connectivity index (χ4v) is 7.57. The molecule has 56 heavy (non-hydrogen) atoms. The molecule has 0 fully saturated rings. The van der Waals surface area contributed by atoms with E-state index < -0.39 is 24.2 Å². The number of carbonyl (C=O) groups is 1. The van der Waals surface area contributed by atoms with Crippen molar-refractivity contribution in [3.8, 4) is 0 Å². The van der Waals surface area contributed by atoms with Crippen LogP contribution >= 0.6 is 0 Å². The van der Waals surface area contributed by atoms with Crippen LogP contribution in [0.4, 0.5) is 0 Å². The fraction of sp³-hybridized carbons (Fsp3) is 0.863. The van der Waals surface area contributed by atoms with Crippen molar-refractivity contribution >= 4 is 5.91 Å². The Labute approximate surface area is 349 Å². The maximum absolute atomic E-state index is 12.5. The van der Waals surface area contributed by atoms with E-state index in [1.54, 1.807) is 6.08 Å². The van der Waals surface area contributed by atoms with Crippen molar-refractivity contribution in [1.29, 1.82) is 0 Å². The van der Waals surface area contributed by atoms with E-state index >= 15 is 0 Å². The number of rotatable bonds is 45. The minimum absolute atomic E-state index is 0.379. The first-order valence-electron chi connectivity index (χ1n) is 24.8. The van der Waals surface area contributed by atoms with Crippen molar-refractivity contribution in [3.63, 3.8) is 0 Å². The summed E-state index contributed by atoms with van der Waals surface area (Å²) in [5, 5.41) is 33.2. The smallest absolute Gasteiger partial charge is 0.249 e. The molecule has 0 heterocycles. The predicted molar refractivity (Wildman–Crippen MR) is 245 cm³/mol. The third-order valence-electron chi connectivity index (χ3n) is 11.5. The predicted octanol–water partition coefficient (Wildman–Crippen LogP) is 14.7. The molecule has 0 aliphatic heterocycles. The summed E-state index contributed by atoms with van der Waals surface area (Å²) in [6, 6.07) is -0.819. The van der Waals surface area contributed by atoms with Gasteiger partial charge in [0, 0.05) is 0 Å². The Bertz CT molecular complexity index is 870. The molecule has 3 atom stereocenters. The van der Waals surface area contributed by atoms with Gasteiger partial charge in [-0.15, -0.1) is 0 Å². The number of amides is 1. The molecule has 0 rings (SSSR count). The minimum Gasteiger partial charge on any atom is -0.394 e. The van der Waals surface area contributed by atoms with Crippen LogP contribution in [-0.2, 0) is 4.79 Å². The Balaban J connectivity index is 3.61. The van der Waals surface area contributed by atoms with Gasteiger partial charge in [-0.05, 0) is 44.9 Å². The number of hydrogen-bond acceptors (Lipinski definition) is 4. The van der Waals surface area contributed by atoms with Gasteiger partial charge in [0.15, 0.2) is 0 Å². The van der Waals surface area contributed by atoms with Crippen LogP contribution in [0.1, 0.15) is 258 Å². The second-order valence-corrected chi connectivity index (χ2v) is 17.0. The number of hydrogen-bond donors (Lipinski definition) is 4. The number of nitrogens with one attached hydrogen (secondary N) is 1. The van der Waals surface area contributed by atoms with Crippen LogP contribution in [0.15, 0.2) is 36.5 Å². The molecule has 5 heteroatoms. The number of unbranched alkanes of at least 4 members (excludes halogenated alkanes) is 33. The summed E-state index contributed by atoms with van der Waals surface area (Å²) in [5.74, 6) is -0.514. The highest BCUT2D eigenvalue weighted by Crippen LogP contribution is 2.17. The van der Waals surface area contributed by atoms with Gasteiger partial charge in [0.1, 0.15) is 6.10 Å². The van der Waals surface area contributed by atoms with Crippen molar-refractivity contribution in [2.75, 3.05) is 6.61 Å². The molecule has 0 saturated carbocycles. The lowest BCUT2D eigenvalue weighted by atomic mass is 10.0. The summed E-state index contributed by atoms with van der Waals surface area (Å²) in [5.41, 5.74) is 0. The van der Waals surface area contributed by atoms with Gasteiger partial charge < -0.3 is 20.6 Å². The standard InChI is InChI=1S/C51H97NO4/c1-3-5-7-9-11-13-15-17-19-21-22-23-24-25-26-27-28-29-30-32-34-36-38-40-42-44-46-50(55)51(56)52-48(47-53)49(54)45-43-41-39-37-35-33-31-20-18-16-14-12-10-8-6-4-2/h18,20,35,37,43,45,48-50,53-55H,3-17,19,21-34,36,38-42,44,46-47H2,1-2H3,(H,52,56)/b20-18+,37-35+,45-43+. The van der Waals surface area contributed by atoms with Crippen LogP contribution in [0.3, 0.4) is 0 Å². The van der Waals surface area contributed by atoms with Gasteiger partial charge in [-0.3, -0.25) is 4.79 Å². The van der Waals surface area contributed by atoms with E-state index in [1.165, 1.54) is 193 Å². The van der Waals surface area contributed by atoms with Gasteiger partial charge in [0.05, 0.1) is 18.8 Å². The van der Waals surface area contributed by atoms with Crippen molar-refractivity contribution in [2.24, 2.45) is 0 Å². The number of aliphatic hydroxyl groups is 3. The average molecular weight is 788 g/mol. The monoisotopic (exact) mass is 788 g/mol. The topological polar surface area (TPSA) is 89.8 Å².